The van der Waals surface area contributed by atoms with E-state index in [4.69, 9.17) is 5.84 Å². The average Bonchev–Trinajstić information content (AvgIpc) is 2.06. The van der Waals surface area contributed by atoms with Crippen LogP contribution in [0.4, 0.5) is 13.2 Å². The van der Waals surface area contributed by atoms with Crippen LogP contribution >= 0.6 is 0 Å². The molecule has 1 aromatic rings. The lowest BCUT2D eigenvalue weighted by molar-refractivity contribution is -0.143. The molecular formula is C6H6F3N3O2. The Morgan fingerprint density at radius 2 is 1.86 bits per heavy atom. The second-order valence-corrected chi connectivity index (χ2v) is 2.58. The molecular weight excluding hydrogens is 203 g/mol. The molecule has 0 fully saturated rings. The van der Waals surface area contributed by atoms with Gasteiger partial charge in [0.05, 0.1) is 0 Å². The number of alkyl halides is 3. The number of hydrogen-bond donors (Lipinski definition) is 1. The number of nitrogens with two attached hydrogens (primary N) is 1. The minimum absolute atomic E-state index is 0.110. The van der Waals surface area contributed by atoms with Crippen LogP contribution < -0.4 is 17.1 Å². The van der Waals surface area contributed by atoms with Gasteiger partial charge >= 0.3 is 11.9 Å². The normalized spacial score (nSPS) is 11.7. The minimum Gasteiger partial charge on any atom is -0.335 e. The first kappa shape index (κ1) is 10.4. The predicted molar refractivity (Wildman–Crippen MR) is 41.1 cm³/mol. The molecule has 0 aliphatic carbocycles. The maximum Gasteiger partial charge on any atom is 0.433 e. The molecule has 0 radical (unpaired) electrons. The third-order valence-electron chi connectivity index (χ3n) is 1.63. The lowest BCUT2D eigenvalue weighted by Gasteiger charge is -2.11. The summed E-state index contributed by atoms with van der Waals surface area (Å²) in [6.07, 6.45) is -4.82. The Kier molecular flexibility index (Phi) is 2.14. The predicted octanol–water partition coefficient (Wildman–Crippen LogP) is -0.720. The SMILES string of the molecule is Cn1c(=O)cc(C(F)(F)F)n(N)c1=O. The molecule has 0 unspecified atom stereocenters. The van der Waals surface area contributed by atoms with Crippen LogP contribution in [0.1, 0.15) is 5.69 Å². The highest BCUT2D eigenvalue weighted by atomic mass is 19.4. The van der Waals surface area contributed by atoms with Crippen LogP contribution in [0.3, 0.4) is 0 Å². The Bertz CT molecular complexity index is 471. The van der Waals surface area contributed by atoms with Crippen LogP contribution in [0, 0.1) is 0 Å². The zero-order valence-corrected chi connectivity index (χ0v) is 7.00. The Labute approximate surface area is 75.2 Å². The molecule has 0 saturated heterocycles. The van der Waals surface area contributed by atoms with E-state index in [2.05, 4.69) is 0 Å². The van der Waals surface area contributed by atoms with E-state index in [1.165, 1.54) is 0 Å². The van der Waals surface area contributed by atoms with Gasteiger partial charge in [-0.25, -0.2) is 9.47 Å². The van der Waals surface area contributed by atoms with Gasteiger partial charge in [0, 0.05) is 13.1 Å². The summed E-state index contributed by atoms with van der Waals surface area (Å²) in [5.41, 5.74) is -3.74. The van der Waals surface area contributed by atoms with Crippen molar-refractivity contribution in [2.75, 3.05) is 5.84 Å². The summed E-state index contributed by atoms with van der Waals surface area (Å²) in [7, 11) is 1.04. The summed E-state index contributed by atoms with van der Waals surface area (Å²) in [6.45, 7) is 0. The van der Waals surface area contributed by atoms with E-state index >= 15 is 0 Å². The van der Waals surface area contributed by atoms with Crippen LogP contribution in [0.15, 0.2) is 15.7 Å². The zero-order chi connectivity index (χ0) is 11.1. The van der Waals surface area contributed by atoms with Crippen molar-refractivity contribution in [2.24, 2.45) is 7.05 Å². The number of nitrogen functional groups attached to an aromatic ring is 1. The summed E-state index contributed by atoms with van der Waals surface area (Å²) in [5.74, 6) is 4.86. The second kappa shape index (κ2) is 2.89. The standard InChI is InChI=1S/C6H6F3N3O2/c1-11-4(13)2-3(6(7,8)9)12(10)5(11)14/h2H,10H2,1H3. The number of nitrogens with zero attached hydrogens (tertiary/aromatic N) is 2. The van der Waals surface area contributed by atoms with Gasteiger partial charge < -0.3 is 5.84 Å². The zero-order valence-electron chi connectivity index (χ0n) is 7.00. The smallest absolute Gasteiger partial charge is 0.335 e. The largest absolute Gasteiger partial charge is 0.433 e. The van der Waals surface area contributed by atoms with Gasteiger partial charge in [0.1, 0.15) is 0 Å². The van der Waals surface area contributed by atoms with Crippen LogP contribution in [0.25, 0.3) is 0 Å². The fourth-order valence-corrected chi connectivity index (χ4v) is 0.861. The monoisotopic (exact) mass is 209 g/mol. The third-order valence-corrected chi connectivity index (χ3v) is 1.63. The van der Waals surface area contributed by atoms with Gasteiger partial charge in [-0.1, -0.05) is 0 Å². The molecule has 78 valence electrons. The highest BCUT2D eigenvalue weighted by molar-refractivity contribution is 5.06. The summed E-state index contributed by atoms with van der Waals surface area (Å²) < 4.78 is 36.8. The van der Waals surface area contributed by atoms with E-state index < -0.39 is 23.1 Å². The number of rotatable bonds is 0. The van der Waals surface area contributed by atoms with E-state index in [0.29, 0.717) is 4.57 Å². The summed E-state index contributed by atoms with van der Waals surface area (Å²) in [4.78, 5) is 21.8. The van der Waals surface area contributed by atoms with Crippen molar-refractivity contribution in [2.45, 2.75) is 6.18 Å². The van der Waals surface area contributed by atoms with Crippen LogP contribution in [-0.4, -0.2) is 9.24 Å². The molecule has 0 bridgehead atoms. The maximum absolute atomic E-state index is 12.2. The fraction of sp³-hybridized carbons (Fsp3) is 0.333. The molecule has 0 aliphatic rings. The second-order valence-electron chi connectivity index (χ2n) is 2.58. The maximum atomic E-state index is 12.2. The van der Waals surface area contributed by atoms with Gasteiger partial charge in [-0.15, -0.1) is 0 Å². The Morgan fingerprint density at radius 1 is 1.36 bits per heavy atom. The van der Waals surface area contributed by atoms with Gasteiger partial charge in [-0.2, -0.15) is 13.2 Å². The summed E-state index contributed by atoms with van der Waals surface area (Å²) >= 11 is 0. The highest BCUT2D eigenvalue weighted by Gasteiger charge is 2.35. The topological polar surface area (TPSA) is 70.0 Å². The van der Waals surface area contributed by atoms with Gasteiger partial charge in [0.2, 0.25) is 0 Å². The van der Waals surface area contributed by atoms with Crippen molar-refractivity contribution in [1.29, 1.82) is 0 Å². The summed E-state index contributed by atoms with van der Waals surface area (Å²) in [6, 6.07) is 0.265. The molecule has 0 saturated carbocycles. The highest BCUT2D eigenvalue weighted by Crippen LogP contribution is 2.26. The molecule has 0 atom stereocenters. The Morgan fingerprint density at radius 3 is 2.29 bits per heavy atom. The average molecular weight is 209 g/mol. The molecule has 0 spiro atoms. The van der Waals surface area contributed by atoms with Gasteiger partial charge in [0.25, 0.3) is 5.56 Å². The van der Waals surface area contributed by atoms with E-state index in [9.17, 15) is 22.8 Å². The van der Waals surface area contributed by atoms with Gasteiger partial charge in [-0.05, 0) is 0 Å². The number of halogens is 3. The molecule has 0 aromatic carbocycles. The number of hydrogen-bond acceptors (Lipinski definition) is 3. The van der Waals surface area contributed by atoms with E-state index in [1.807, 2.05) is 0 Å². The summed E-state index contributed by atoms with van der Waals surface area (Å²) in [5, 5.41) is 0. The van der Waals surface area contributed by atoms with Crippen molar-refractivity contribution >= 4 is 0 Å². The first-order valence-corrected chi connectivity index (χ1v) is 3.40. The first-order valence-electron chi connectivity index (χ1n) is 3.40. The van der Waals surface area contributed by atoms with Crippen molar-refractivity contribution in [1.82, 2.24) is 9.24 Å². The molecule has 1 aromatic heterocycles. The molecule has 5 nitrogen and oxygen atoms in total. The molecule has 8 heteroatoms. The third kappa shape index (κ3) is 1.50. The lowest BCUT2D eigenvalue weighted by atomic mass is 10.4. The van der Waals surface area contributed by atoms with Crippen molar-refractivity contribution < 1.29 is 13.2 Å². The van der Waals surface area contributed by atoms with Crippen LogP contribution in [-0.2, 0) is 13.2 Å². The van der Waals surface area contributed by atoms with E-state index in [-0.39, 0.29) is 10.7 Å². The van der Waals surface area contributed by atoms with E-state index in [0.717, 1.165) is 7.05 Å². The number of aromatic nitrogens is 2. The van der Waals surface area contributed by atoms with E-state index in [1.54, 1.807) is 0 Å². The van der Waals surface area contributed by atoms with Crippen LogP contribution in [0.5, 0.6) is 0 Å². The first-order chi connectivity index (χ1) is 6.25. The Hall–Kier alpha value is -1.73. The molecule has 0 aliphatic heterocycles. The fourth-order valence-electron chi connectivity index (χ4n) is 0.861. The van der Waals surface area contributed by atoms with Crippen LogP contribution in [0.2, 0.25) is 0 Å². The van der Waals surface area contributed by atoms with Gasteiger partial charge in [-0.3, -0.25) is 9.36 Å². The quantitative estimate of drug-likeness (QED) is 0.573. The van der Waals surface area contributed by atoms with Crippen molar-refractivity contribution in [3.8, 4) is 0 Å². The molecule has 1 heterocycles. The van der Waals surface area contributed by atoms with Crippen molar-refractivity contribution in [3.05, 3.63) is 32.6 Å². The molecule has 2 N–H and O–H groups in total. The minimum atomic E-state index is -4.82. The molecule has 0 amide bonds. The van der Waals surface area contributed by atoms with Crippen molar-refractivity contribution in [3.63, 3.8) is 0 Å². The molecule has 1 rings (SSSR count). The molecule has 14 heavy (non-hydrogen) atoms. The Balaban J connectivity index is 3.67. The van der Waals surface area contributed by atoms with Gasteiger partial charge in [0.15, 0.2) is 5.69 Å². The lowest BCUT2D eigenvalue weighted by Crippen LogP contribution is -2.44.